The van der Waals surface area contributed by atoms with Gasteiger partial charge in [-0.25, -0.2) is 23.2 Å². The number of allylic oxidation sites excluding steroid dienone is 2. The Morgan fingerprint density at radius 3 is 2.15 bits per heavy atom. The molecule has 0 amide bonds. The Labute approximate surface area is 194 Å². The van der Waals surface area contributed by atoms with E-state index in [0.717, 1.165) is 6.07 Å². The Balaban J connectivity index is 1.73. The number of benzene rings is 2. The molecule has 0 aliphatic carbocycles. The van der Waals surface area contributed by atoms with Gasteiger partial charge in [-0.05, 0) is 32.0 Å². The number of rotatable bonds is 8. The first-order chi connectivity index (χ1) is 16.2. The molecule has 1 unspecified atom stereocenters. The van der Waals surface area contributed by atoms with Crippen molar-refractivity contribution in [1.82, 2.24) is 5.32 Å². The molecule has 1 aliphatic heterocycles. The summed E-state index contributed by atoms with van der Waals surface area (Å²) < 4.78 is 39.0. The molecule has 2 N–H and O–H groups in total. The maximum absolute atomic E-state index is 14.6. The fraction of sp³-hybridized carbons (Fsp3) is 0.240. The summed E-state index contributed by atoms with van der Waals surface area (Å²) in [5.41, 5.74) is 0.116. The number of esters is 2. The molecule has 0 radical (unpaired) electrons. The summed E-state index contributed by atoms with van der Waals surface area (Å²) in [6.07, 6.45) is 0.184. The molecular weight excluding hydrogens is 448 g/mol. The SMILES string of the molecule is CC1=C(C(=O)O)C(c2cccc(F)c2F)C(C(=O)OCCCOC(=O)c2ccccc2)=C(C)N1. The monoisotopic (exact) mass is 471 g/mol. The van der Waals surface area contributed by atoms with E-state index in [9.17, 15) is 28.3 Å². The lowest BCUT2D eigenvalue weighted by atomic mass is 9.80. The quantitative estimate of drug-likeness (QED) is 0.442. The second-order valence-electron chi connectivity index (χ2n) is 7.57. The van der Waals surface area contributed by atoms with Crippen molar-refractivity contribution >= 4 is 17.9 Å². The highest BCUT2D eigenvalue weighted by molar-refractivity contribution is 5.99. The van der Waals surface area contributed by atoms with Gasteiger partial charge in [0.25, 0.3) is 0 Å². The van der Waals surface area contributed by atoms with E-state index in [2.05, 4.69) is 5.32 Å². The molecule has 0 aromatic heterocycles. The van der Waals surface area contributed by atoms with E-state index in [1.54, 1.807) is 30.3 Å². The van der Waals surface area contributed by atoms with Gasteiger partial charge in [0, 0.05) is 23.4 Å². The lowest BCUT2D eigenvalue weighted by molar-refractivity contribution is -0.139. The number of ether oxygens (including phenoxy) is 2. The summed E-state index contributed by atoms with van der Waals surface area (Å²) in [5.74, 6) is -6.58. The Morgan fingerprint density at radius 2 is 1.50 bits per heavy atom. The van der Waals surface area contributed by atoms with Crippen LogP contribution in [0, 0.1) is 11.6 Å². The van der Waals surface area contributed by atoms with Gasteiger partial charge in [0.2, 0.25) is 0 Å². The van der Waals surface area contributed by atoms with Crippen LogP contribution in [0.2, 0.25) is 0 Å². The van der Waals surface area contributed by atoms with Crippen molar-refractivity contribution in [3.8, 4) is 0 Å². The molecule has 7 nitrogen and oxygen atoms in total. The number of carbonyl (C=O) groups excluding carboxylic acids is 2. The summed E-state index contributed by atoms with van der Waals surface area (Å²) >= 11 is 0. The van der Waals surface area contributed by atoms with E-state index < -0.39 is 35.5 Å². The second kappa shape index (κ2) is 10.7. The van der Waals surface area contributed by atoms with Gasteiger partial charge in [0.05, 0.1) is 35.8 Å². The topological polar surface area (TPSA) is 102 Å². The highest BCUT2D eigenvalue weighted by Crippen LogP contribution is 2.40. The Kier molecular flexibility index (Phi) is 7.78. The molecule has 0 spiro atoms. The molecule has 0 saturated heterocycles. The average Bonchev–Trinajstić information content (AvgIpc) is 2.80. The van der Waals surface area contributed by atoms with Crippen LogP contribution in [0.1, 0.15) is 42.1 Å². The number of carboxylic acids is 1. The Hall–Kier alpha value is -4.01. The van der Waals surface area contributed by atoms with Crippen molar-refractivity contribution in [2.24, 2.45) is 0 Å². The number of dihydropyridines is 1. The van der Waals surface area contributed by atoms with E-state index >= 15 is 0 Å². The fourth-order valence-corrected chi connectivity index (χ4v) is 3.73. The fourth-order valence-electron chi connectivity index (χ4n) is 3.73. The number of nitrogens with one attached hydrogen (secondary N) is 1. The standard InChI is InChI=1S/C25H23F2NO6/c1-14-19(23(29)30)21(17-10-6-11-18(26)22(17)27)20(15(2)28-14)25(32)34-13-7-12-33-24(31)16-8-4-3-5-9-16/h3-6,8-11,21,28H,7,12-13H2,1-2H3,(H,29,30). The van der Waals surface area contributed by atoms with E-state index in [4.69, 9.17) is 9.47 Å². The molecule has 0 fully saturated rings. The van der Waals surface area contributed by atoms with Gasteiger partial charge in [0.15, 0.2) is 11.6 Å². The largest absolute Gasteiger partial charge is 0.478 e. The zero-order chi connectivity index (χ0) is 24.8. The molecule has 1 aliphatic rings. The van der Waals surface area contributed by atoms with Crippen LogP contribution in [-0.4, -0.2) is 36.2 Å². The molecule has 2 aromatic rings. The summed E-state index contributed by atoms with van der Waals surface area (Å²) in [7, 11) is 0. The van der Waals surface area contributed by atoms with E-state index in [-0.39, 0.29) is 47.7 Å². The van der Waals surface area contributed by atoms with Crippen molar-refractivity contribution in [3.05, 3.63) is 93.8 Å². The average molecular weight is 471 g/mol. The van der Waals surface area contributed by atoms with Gasteiger partial charge in [-0.2, -0.15) is 0 Å². The number of carbonyl (C=O) groups is 3. The summed E-state index contributed by atoms with van der Waals surface area (Å²) in [6, 6.07) is 11.8. The highest BCUT2D eigenvalue weighted by atomic mass is 19.2. The molecule has 178 valence electrons. The summed E-state index contributed by atoms with van der Waals surface area (Å²) in [4.78, 5) is 36.8. The van der Waals surface area contributed by atoms with Crippen molar-refractivity contribution in [2.45, 2.75) is 26.2 Å². The maximum atomic E-state index is 14.6. The number of carboxylic acid groups (broad SMARTS) is 1. The first kappa shape index (κ1) is 24.6. The van der Waals surface area contributed by atoms with Gasteiger partial charge in [-0.3, -0.25) is 0 Å². The van der Waals surface area contributed by atoms with Gasteiger partial charge in [-0.1, -0.05) is 30.3 Å². The first-order valence-corrected chi connectivity index (χ1v) is 10.5. The van der Waals surface area contributed by atoms with Crippen LogP contribution in [-0.2, 0) is 19.1 Å². The van der Waals surface area contributed by atoms with Gasteiger partial charge in [0.1, 0.15) is 0 Å². The van der Waals surface area contributed by atoms with Crippen molar-refractivity contribution in [3.63, 3.8) is 0 Å². The van der Waals surface area contributed by atoms with Gasteiger partial charge in [-0.15, -0.1) is 0 Å². The third kappa shape index (κ3) is 5.31. The van der Waals surface area contributed by atoms with Crippen LogP contribution < -0.4 is 5.32 Å². The molecule has 1 heterocycles. The van der Waals surface area contributed by atoms with Crippen molar-refractivity contribution in [1.29, 1.82) is 0 Å². The number of hydrogen-bond acceptors (Lipinski definition) is 6. The van der Waals surface area contributed by atoms with Crippen LogP contribution in [0.15, 0.2) is 71.1 Å². The normalized spacial score (nSPS) is 15.6. The highest BCUT2D eigenvalue weighted by Gasteiger charge is 2.39. The molecule has 0 saturated carbocycles. The molecule has 1 atom stereocenters. The van der Waals surface area contributed by atoms with Crippen molar-refractivity contribution in [2.75, 3.05) is 13.2 Å². The van der Waals surface area contributed by atoms with Crippen LogP contribution in [0.25, 0.3) is 0 Å². The molecule has 2 aromatic carbocycles. The zero-order valence-corrected chi connectivity index (χ0v) is 18.6. The zero-order valence-electron chi connectivity index (χ0n) is 18.6. The third-order valence-corrected chi connectivity index (χ3v) is 5.27. The lowest BCUT2D eigenvalue weighted by Crippen LogP contribution is -2.32. The van der Waals surface area contributed by atoms with Crippen LogP contribution in [0.4, 0.5) is 8.78 Å². The number of aliphatic carboxylic acids is 1. The summed E-state index contributed by atoms with van der Waals surface area (Å²) in [5, 5.41) is 12.5. The van der Waals surface area contributed by atoms with Crippen LogP contribution in [0.5, 0.6) is 0 Å². The maximum Gasteiger partial charge on any atom is 0.338 e. The predicted octanol–water partition coefficient (Wildman–Crippen LogP) is 4.07. The van der Waals surface area contributed by atoms with Crippen LogP contribution >= 0.6 is 0 Å². The molecular formula is C25H23F2NO6. The van der Waals surface area contributed by atoms with Crippen molar-refractivity contribution < 1.29 is 37.7 Å². The van der Waals surface area contributed by atoms with E-state index in [1.165, 1.54) is 26.0 Å². The minimum atomic E-state index is -1.38. The Bertz CT molecular complexity index is 1170. The smallest absolute Gasteiger partial charge is 0.338 e. The minimum absolute atomic E-state index is 0.0153. The van der Waals surface area contributed by atoms with Crippen LogP contribution in [0.3, 0.4) is 0 Å². The number of hydrogen-bond donors (Lipinski definition) is 2. The number of halogens is 2. The molecule has 0 bridgehead atoms. The third-order valence-electron chi connectivity index (χ3n) is 5.27. The van der Waals surface area contributed by atoms with E-state index in [1.807, 2.05) is 0 Å². The second-order valence-corrected chi connectivity index (χ2v) is 7.57. The summed E-state index contributed by atoms with van der Waals surface area (Å²) in [6.45, 7) is 2.84. The first-order valence-electron chi connectivity index (χ1n) is 10.5. The molecule has 9 heteroatoms. The lowest BCUT2D eigenvalue weighted by Gasteiger charge is -2.29. The van der Waals surface area contributed by atoms with E-state index in [0.29, 0.717) is 5.56 Å². The predicted molar refractivity (Wildman–Crippen MR) is 118 cm³/mol. The molecule has 3 rings (SSSR count). The molecule has 34 heavy (non-hydrogen) atoms. The van der Waals surface area contributed by atoms with Gasteiger partial charge < -0.3 is 19.9 Å². The van der Waals surface area contributed by atoms with Gasteiger partial charge >= 0.3 is 17.9 Å². The minimum Gasteiger partial charge on any atom is -0.478 e. The Morgan fingerprint density at radius 1 is 0.882 bits per heavy atom.